The molecule has 3 fully saturated rings. The van der Waals surface area contributed by atoms with Crippen LogP contribution >= 0.6 is 0 Å². The van der Waals surface area contributed by atoms with Crippen LogP contribution in [0.5, 0.6) is 0 Å². The maximum Gasteiger partial charge on any atom is 0.254 e. The van der Waals surface area contributed by atoms with Crippen LogP contribution in [0.25, 0.3) is 0 Å². The highest BCUT2D eigenvalue weighted by molar-refractivity contribution is 5.86. The Kier molecular flexibility index (Phi) is 2.11. The van der Waals surface area contributed by atoms with Crippen LogP contribution in [0.15, 0.2) is 0 Å². The van der Waals surface area contributed by atoms with Gasteiger partial charge in [-0.3, -0.25) is 4.79 Å². The van der Waals surface area contributed by atoms with Gasteiger partial charge in [-0.1, -0.05) is 0 Å². The van der Waals surface area contributed by atoms with Gasteiger partial charge in [0.15, 0.2) is 0 Å². The molecule has 1 amide bonds. The average molecular weight is 225 g/mol. The van der Waals surface area contributed by atoms with Gasteiger partial charge in [0.1, 0.15) is 11.2 Å². The van der Waals surface area contributed by atoms with Crippen molar-refractivity contribution < 1.29 is 14.6 Å². The normalized spacial score (nSPS) is 37.2. The second-order valence-corrected chi connectivity index (χ2v) is 5.72. The Labute approximate surface area is 95.6 Å². The average Bonchev–Trinajstić information content (AvgIpc) is 2.97. The molecule has 0 aromatic carbocycles. The third-order valence-corrected chi connectivity index (χ3v) is 4.23. The van der Waals surface area contributed by atoms with Crippen LogP contribution in [0, 0.1) is 5.92 Å². The first-order chi connectivity index (χ1) is 7.54. The number of aliphatic hydroxyl groups is 1. The van der Waals surface area contributed by atoms with Gasteiger partial charge in [0, 0.05) is 6.61 Å². The summed E-state index contributed by atoms with van der Waals surface area (Å²) >= 11 is 0. The summed E-state index contributed by atoms with van der Waals surface area (Å²) in [6.07, 6.45) is 4.01. The molecule has 1 unspecified atom stereocenters. The zero-order chi connectivity index (χ0) is 11.4. The fraction of sp³-hybridized carbons (Fsp3) is 0.917. The van der Waals surface area contributed by atoms with Gasteiger partial charge in [0.25, 0.3) is 5.91 Å². The van der Waals surface area contributed by atoms with Gasteiger partial charge in [-0.05, 0) is 38.5 Å². The van der Waals surface area contributed by atoms with Crippen LogP contribution in [-0.4, -0.2) is 46.8 Å². The highest BCUT2D eigenvalue weighted by Gasteiger charge is 2.55. The molecule has 1 N–H and O–H groups in total. The molecule has 3 aliphatic rings. The van der Waals surface area contributed by atoms with Crippen LogP contribution in [0.1, 0.15) is 32.6 Å². The lowest BCUT2D eigenvalue weighted by Gasteiger charge is -2.49. The number of β-amino-alcohol motifs (C(OH)–C–C–N with tert-alkyl or cyclic N) is 1. The lowest BCUT2D eigenvalue weighted by Crippen LogP contribution is -2.67. The predicted molar refractivity (Wildman–Crippen MR) is 57.8 cm³/mol. The van der Waals surface area contributed by atoms with E-state index in [9.17, 15) is 9.90 Å². The Morgan fingerprint density at radius 3 is 2.62 bits per heavy atom. The Bertz CT molecular complexity index is 312. The molecular formula is C12H19NO3. The molecule has 3 rings (SSSR count). The van der Waals surface area contributed by atoms with Crippen LogP contribution in [0.4, 0.5) is 0 Å². The Morgan fingerprint density at radius 2 is 2.12 bits per heavy atom. The van der Waals surface area contributed by atoms with Gasteiger partial charge in [-0.15, -0.1) is 0 Å². The molecule has 90 valence electrons. The van der Waals surface area contributed by atoms with Gasteiger partial charge in [-0.25, -0.2) is 0 Å². The summed E-state index contributed by atoms with van der Waals surface area (Å²) in [4.78, 5) is 13.9. The fourth-order valence-corrected chi connectivity index (χ4v) is 2.92. The minimum absolute atomic E-state index is 0.0651. The van der Waals surface area contributed by atoms with Crippen molar-refractivity contribution in [2.45, 2.75) is 43.8 Å². The highest BCUT2D eigenvalue weighted by Crippen LogP contribution is 2.45. The summed E-state index contributed by atoms with van der Waals surface area (Å²) in [6, 6.07) is 0. The highest BCUT2D eigenvalue weighted by atomic mass is 16.5. The first-order valence-corrected chi connectivity index (χ1v) is 6.19. The van der Waals surface area contributed by atoms with Crippen LogP contribution in [0.3, 0.4) is 0 Å². The van der Waals surface area contributed by atoms with E-state index in [1.165, 1.54) is 0 Å². The van der Waals surface area contributed by atoms with E-state index in [0.717, 1.165) is 25.7 Å². The molecule has 2 saturated heterocycles. The molecule has 1 atom stereocenters. The Balaban J connectivity index is 1.61. The lowest BCUT2D eigenvalue weighted by molar-refractivity contribution is -0.176. The minimum atomic E-state index is -0.620. The van der Waals surface area contributed by atoms with E-state index in [1.807, 2.05) is 6.92 Å². The summed E-state index contributed by atoms with van der Waals surface area (Å²) in [7, 11) is 0. The fourth-order valence-electron chi connectivity index (χ4n) is 2.92. The number of hydrogen-bond acceptors (Lipinski definition) is 3. The van der Waals surface area contributed by atoms with Gasteiger partial charge in [0.05, 0.1) is 13.1 Å². The Hall–Kier alpha value is -0.610. The molecule has 0 aromatic heterocycles. The maximum absolute atomic E-state index is 12.2. The van der Waals surface area contributed by atoms with E-state index >= 15 is 0 Å². The van der Waals surface area contributed by atoms with Crippen molar-refractivity contribution in [2.24, 2.45) is 5.92 Å². The first-order valence-electron chi connectivity index (χ1n) is 6.19. The van der Waals surface area contributed by atoms with Gasteiger partial charge in [-0.2, -0.15) is 0 Å². The molecule has 1 aliphatic carbocycles. The van der Waals surface area contributed by atoms with E-state index in [1.54, 1.807) is 4.90 Å². The zero-order valence-electron chi connectivity index (χ0n) is 9.74. The number of likely N-dealkylation sites (tertiary alicyclic amines) is 1. The molecule has 4 heteroatoms. The largest absolute Gasteiger partial charge is 0.386 e. The zero-order valence-corrected chi connectivity index (χ0v) is 9.74. The van der Waals surface area contributed by atoms with Crippen molar-refractivity contribution in [3.8, 4) is 0 Å². The van der Waals surface area contributed by atoms with Crippen molar-refractivity contribution in [3.05, 3.63) is 0 Å². The molecule has 0 aromatic rings. The predicted octanol–water partition coefficient (Wildman–Crippen LogP) is 0.539. The van der Waals surface area contributed by atoms with Crippen LogP contribution in [-0.2, 0) is 9.53 Å². The summed E-state index contributed by atoms with van der Waals surface area (Å²) in [5.41, 5.74) is -1.20. The summed E-state index contributed by atoms with van der Waals surface area (Å²) in [5, 5.41) is 10.2. The number of carbonyl (C=O) groups is 1. The summed E-state index contributed by atoms with van der Waals surface area (Å²) < 4.78 is 5.53. The topological polar surface area (TPSA) is 49.8 Å². The van der Waals surface area contributed by atoms with E-state index in [0.29, 0.717) is 25.6 Å². The molecule has 2 heterocycles. The number of carbonyl (C=O) groups excluding carboxylic acids is 1. The second-order valence-electron chi connectivity index (χ2n) is 5.72. The van der Waals surface area contributed by atoms with E-state index in [4.69, 9.17) is 4.74 Å². The number of rotatable bonds is 2. The number of ether oxygens (including phenoxy) is 1. The van der Waals surface area contributed by atoms with Gasteiger partial charge in [0.2, 0.25) is 0 Å². The SMILES string of the molecule is CC1(C(=O)N2CC(O)(C3CC3)C2)CCCO1. The number of hydrogen-bond donors (Lipinski definition) is 1. The van der Waals surface area contributed by atoms with Gasteiger partial charge >= 0.3 is 0 Å². The van der Waals surface area contributed by atoms with Crippen molar-refractivity contribution in [2.75, 3.05) is 19.7 Å². The van der Waals surface area contributed by atoms with E-state index in [2.05, 4.69) is 0 Å². The lowest BCUT2D eigenvalue weighted by atomic mass is 9.86. The maximum atomic E-state index is 12.2. The molecule has 16 heavy (non-hydrogen) atoms. The molecule has 4 nitrogen and oxygen atoms in total. The van der Waals surface area contributed by atoms with Crippen molar-refractivity contribution in [1.82, 2.24) is 4.90 Å². The third kappa shape index (κ3) is 1.47. The van der Waals surface area contributed by atoms with Crippen molar-refractivity contribution in [1.29, 1.82) is 0 Å². The standard InChI is InChI=1S/C12H19NO3/c1-11(5-2-6-16-11)10(14)13-7-12(15,8-13)9-3-4-9/h9,15H,2-8H2,1H3. The third-order valence-electron chi connectivity index (χ3n) is 4.23. The number of nitrogens with zero attached hydrogens (tertiary/aromatic N) is 1. The van der Waals surface area contributed by atoms with Crippen LogP contribution < -0.4 is 0 Å². The monoisotopic (exact) mass is 225 g/mol. The molecular weight excluding hydrogens is 206 g/mol. The van der Waals surface area contributed by atoms with Crippen molar-refractivity contribution >= 4 is 5.91 Å². The molecule has 2 aliphatic heterocycles. The van der Waals surface area contributed by atoms with Crippen LogP contribution in [0.2, 0.25) is 0 Å². The summed E-state index contributed by atoms with van der Waals surface area (Å²) in [5.74, 6) is 0.504. The van der Waals surface area contributed by atoms with E-state index < -0.39 is 11.2 Å². The van der Waals surface area contributed by atoms with Gasteiger partial charge < -0.3 is 14.7 Å². The molecule has 0 spiro atoms. The van der Waals surface area contributed by atoms with E-state index in [-0.39, 0.29) is 5.91 Å². The van der Waals surface area contributed by atoms with Crippen molar-refractivity contribution in [3.63, 3.8) is 0 Å². The number of amides is 1. The first kappa shape index (κ1) is 10.5. The smallest absolute Gasteiger partial charge is 0.254 e. The summed E-state index contributed by atoms with van der Waals surface area (Å²) in [6.45, 7) is 3.57. The molecule has 1 saturated carbocycles. The quantitative estimate of drug-likeness (QED) is 0.746. The Morgan fingerprint density at radius 1 is 1.44 bits per heavy atom. The molecule has 0 radical (unpaired) electrons. The minimum Gasteiger partial charge on any atom is -0.386 e. The second kappa shape index (κ2) is 3.20. The molecule has 0 bridgehead atoms.